The average molecular weight is 136 g/mol. The number of rotatable bonds is 1. The van der Waals surface area contributed by atoms with Crippen molar-refractivity contribution in [3.63, 3.8) is 0 Å². The first kappa shape index (κ1) is 6.10. The Morgan fingerprint density at radius 1 is 1.50 bits per heavy atom. The number of nitrogens with one attached hydrogen (secondary N) is 1. The predicted octanol–water partition coefficient (Wildman–Crippen LogP) is 0.748. The lowest BCUT2D eigenvalue weighted by atomic mass is 10.1. The van der Waals surface area contributed by atoms with Crippen LogP contribution >= 0.6 is 0 Å². The molecular formula is C8H12N2. The Morgan fingerprint density at radius 2 is 2.50 bits per heavy atom. The van der Waals surface area contributed by atoms with Crippen molar-refractivity contribution in [2.75, 3.05) is 6.54 Å². The van der Waals surface area contributed by atoms with Gasteiger partial charge in [-0.1, -0.05) is 6.08 Å². The molecule has 10 heavy (non-hydrogen) atoms. The molecule has 0 aromatic rings. The van der Waals surface area contributed by atoms with Crippen molar-refractivity contribution in [3.8, 4) is 0 Å². The van der Waals surface area contributed by atoms with Gasteiger partial charge in [-0.15, -0.1) is 0 Å². The summed E-state index contributed by atoms with van der Waals surface area (Å²) in [7, 11) is 0. The van der Waals surface area contributed by atoms with E-state index in [-0.39, 0.29) is 0 Å². The van der Waals surface area contributed by atoms with Gasteiger partial charge in [-0.25, -0.2) is 0 Å². The molecule has 0 spiro atoms. The van der Waals surface area contributed by atoms with Gasteiger partial charge in [-0.2, -0.15) is 0 Å². The molecule has 2 atom stereocenters. The van der Waals surface area contributed by atoms with E-state index in [0.29, 0.717) is 12.1 Å². The molecule has 0 saturated carbocycles. The molecule has 1 N–H and O–H groups in total. The van der Waals surface area contributed by atoms with Gasteiger partial charge in [-0.3, -0.25) is 4.99 Å². The predicted molar refractivity (Wildman–Crippen MR) is 42.4 cm³/mol. The fourth-order valence-electron chi connectivity index (χ4n) is 1.60. The molecule has 2 heteroatoms. The summed E-state index contributed by atoms with van der Waals surface area (Å²) in [6, 6.07) is 1.05. The topological polar surface area (TPSA) is 24.4 Å². The summed E-state index contributed by atoms with van der Waals surface area (Å²) in [6.45, 7) is 1.17. The van der Waals surface area contributed by atoms with E-state index in [1.165, 1.54) is 19.4 Å². The van der Waals surface area contributed by atoms with Gasteiger partial charge >= 0.3 is 0 Å². The fraction of sp³-hybridized carbons (Fsp3) is 0.625. The zero-order valence-corrected chi connectivity index (χ0v) is 5.96. The number of nitrogens with zero attached hydrogens (tertiary/aromatic N) is 1. The quantitative estimate of drug-likeness (QED) is 0.565. The minimum absolute atomic E-state index is 0.433. The molecule has 2 aliphatic rings. The van der Waals surface area contributed by atoms with Crippen molar-refractivity contribution < 1.29 is 0 Å². The lowest BCUT2D eigenvalue weighted by Crippen LogP contribution is -2.31. The molecule has 0 aromatic heterocycles. The van der Waals surface area contributed by atoms with Gasteiger partial charge in [0.15, 0.2) is 0 Å². The Bertz CT molecular complexity index is 154. The van der Waals surface area contributed by atoms with Crippen molar-refractivity contribution >= 4 is 6.21 Å². The number of aliphatic imine (C=N–C) groups is 1. The Morgan fingerprint density at radius 3 is 3.10 bits per heavy atom. The van der Waals surface area contributed by atoms with Crippen LogP contribution in [0.25, 0.3) is 0 Å². The first-order valence-corrected chi connectivity index (χ1v) is 3.90. The van der Waals surface area contributed by atoms with Crippen LogP contribution in [0.5, 0.6) is 0 Å². The maximum Gasteiger partial charge on any atom is 0.0836 e. The van der Waals surface area contributed by atoms with Crippen LogP contribution in [-0.2, 0) is 0 Å². The van der Waals surface area contributed by atoms with Crippen LogP contribution < -0.4 is 5.32 Å². The van der Waals surface area contributed by atoms with Crippen LogP contribution in [0.1, 0.15) is 12.8 Å². The highest BCUT2D eigenvalue weighted by Gasteiger charge is 2.22. The van der Waals surface area contributed by atoms with E-state index in [2.05, 4.69) is 16.4 Å². The van der Waals surface area contributed by atoms with Crippen LogP contribution in [0.15, 0.2) is 17.1 Å². The lowest BCUT2D eigenvalue weighted by molar-refractivity contribution is 0.553. The van der Waals surface area contributed by atoms with Crippen LogP contribution in [0.4, 0.5) is 0 Å². The van der Waals surface area contributed by atoms with Gasteiger partial charge in [0.1, 0.15) is 0 Å². The van der Waals surface area contributed by atoms with E-state index in [1.807, 2.05) is 12.3 Å². The zero-order chi connectivity index (χ0) is 6.81. The van der Waals surface area contributed by atoms with Crippen LogP contribution in [0.3, 0.4) is 0 Å². The number of hydrogen-bond acceptors (Lipinski definition) is 2. The van der Waals surface area contributed by atoms with E-state index < -0.39 is 0 Å². The monoisotopic (exact) mass is 136 g/mol. The molecule has 2 heterocycles. The summed E-state index contributed by atoms with van der Waals surface area (Å²) in [5.74, 6) is 0. The van der Waals surface area contributed by atoms with Gasteiger partial charge in [0.25, 0.3) is 0 Å². The third-order valence-electron chi connectivity index (χ3n) is 2.16. The summed E-state index contributed by atoms with van der Waals surface area (Å²) >= 11 is 0. The Labute approximate surface area is 61.0 Å². The molecule has 54 valence electrons. The first-order chi connectivity index (χ1) is 4.97. The standard InChI is InChI=1S/C8H12N2/c1-3-7(9-5-1)8-4-2-6-10-8/h1,3,5,7-8,10H,2,4,6H2. The van der Waals surface area contributed by atoms with Crippen molar-refractivity contribution in [1.82, 2.24) is 5.32 Å². The lowest BCUT2D eigenvalue weighted by Gasteiger charge is -2.12. The normalized spacial score (nSPS) is 37.6. The van der Waals surface area contributed by atoms with Crippen molar-refractivity contribution in [2.24, 2.45) is 4.99 Å². The van der Waals surface area contributed by atoms with Gasteiger partial charge in [0.05, 0.1) is 6.04 Å². The molecule has 2 rings (SSSR count). The maximum absolute atomic E-state index is 4.32. The molecule has 0 amide bonds. The minimum atomic E-state index is 0.433. The molecule has 0 aromatic carbocycles. The van der Waals surface area contributed by atoms with E-state index in [1.54, 1.807) is 0 Å². The molecule has 2 aliphatic heterocycles. The zero-order valence-electron chi connectivity index (χ0n) is 5.96. The largest absolute Gasteiger partial charge is 0.312 e. The molecule has 2 unspecified atom stereocenters. The van der Waals surface area contributed by atoms with Gasteiger partial charge in [0, 0.05) is 12.3 Å². The first-order valence-electron chi connectivity index (χ1n) is 3.90. The third-order valence-corrected chi connectivity index (χ3v) is 2.16. The average Bonchev–Trinajstić information content (AvgIpc) is 2.59. The highest BCUT2D eigenvalue weighted by atomic mass is 15.0. The highest BCUT2D eigenvalue weighted by Crippen LogP contribution is 2.14. The van der Waals surface area contributed by atoms with Crippen molar-refractivity contribution in [2.45, 2.75) is 24.9 Å². The smallest absolute Gasteiger partial charge is 0.0836 e. The van der Waals surface area contributed by atoms with Crippen LogP contribution in [0.2, 0.25) is 0 Å². The molecule has 2 nitrogen and oxygen atoms in total. The summed E-state index contributed by atoms with van der Waals surface area (Å²) in [4.78, 5) is 4.32. The van der Waals surface area contributed by atoms with Crippen molar-refractivity contribution in [3.05, 3.63) is 12.2 Å². The van der Waals surface area contributed by atoms with Crippen molar-refractivity contribution in [1.29, 1.82) is 0 Å². The fourth-order valence-corrected chi connectivity index (χ4v) is 1.60. The third kappa shape index (κ3) is 0.991. The summed E-state index contributed by atoms with van der Waals surface area (Å²) in [5, 5.41) is 3.43. The highest BCUT2D eigenvalue weighted by molar-refractivity contribution is 5.74. The van der Waals surface area contributed by atoms with Crippen LogP contribution in [0, 0.1) is 0 Å². The molecule has 1 fully saturated rings. The van der Waals surface area contributed by atoms with Gasteiger partial charge in [0.2, 0.25) is 0 Å². The molecule has 0 bridgehead atoms. The van der Waals surface area contributed by atoms with E-state index >= 15 is 0 Å². The van der Waals surface area contributed by atoms with E-state index in [9.17, 15) is 0 Å². The van der Waals surface area contributed by atoms with Gasteiger partial charge < -0.3 is 5.32 Å². The molecule has 1 saturated heterocycles. The molecular weight excluding hydrogens is 124 g/mol. The molecule has 0 radical (unpaired) electrons. The van der Waals surface area contributed by atoms with E-state index in [4.69, 9.17) is 0 Å². The second-order valence-electron chi connectivity index (χ2n) is 2.88. The number of allylic oxidation sites excluding steroid dienone is 1. The maximum atomic E-state index is 4.32. The number of hydrogen-bond donors (Lipinski definition) is 1. The summed E-state index contributed by atoms with van der Waals surface area (Å²) < 4.78 is 0. The Kier molecular flexibility index (Phi) is 1.55. The summed E-state index contributed by atoms with van der Waals surface area (Å²) in [5.41, 5.74) is 0. The van der Waals surface area contributed by atoms with Crippen LogP contribution in [-0.4, -0.2) is 24.8 Å². The SMILES string of the molecule is C1=CC(C2CCCN2)N=C1. The Hall–Kier alpha value is -0.630. The summed E-state index contributed by atoms with van der Waals surface area (Å²) in [6.07, 6.45) is 8.69. The second kappa shape index (κ2) is 2.54. The molecule has 0 aliphatic carbocycles. The van der Waals surface area contributed by atoms with Gasteiger partial charge in [-0.05, 0) is 25.5 Å². The Balaban J connectivity index is 1.98. The van der Waals surface area contributed by atoms with E-state index in [0.717, 1.165) is 0 Å². The minimum Gasteiger partial charge on any atom is -0.312 e. The second-order valence-corrected chi connectivity index (χ2v) is 2.88.